The molecule has 0 radical (unpaired) electrons. The zero-order chi connectivity index (χ0) is 29.6. The van der Waals surface area contributed by atoms with Crippen LogP contribution in [0, 0.1) is 5.92 Å². The van der Waals surface area contributed by atoms with Crippen molar-refractivity contribution in [2.45, 2.75) is 57.3 Å². The molecule has 230 valence electrons. The van der Waals surface area contributed by atoms with Gasteiger partial charge in [0.05, 0.1) is 13.0 Å². The minimum Gasteiger partial charge on any atom is -0.870 e. The normalized spacial score (nSPS) is 16.9. The highest BCUT2D eigenvalue weighted by atomic mass is 35.5. The lowest BCUT2D eigenvalue weighted by atomic mass is 10.0. The predicted molar refractivity (Wildman–Crippen MR) is 154 cm³/mol. The quantitative estimate of drug-likeness (QED) is 0.209. The summed E-state index contributed by atoms with van der Waals surface area (Å²) in [5, 5.41) is 0.698. The average molecular weight is 638 g/mol. The number of rotatable bonds is 12. The Kier molecular flexibility index (Phi) is 11.2. The van der Waals surface area contributed by atoms with E-state index in [2.05, 4.69) is 9.72 Å². The number of hydrogen-bond acceptors (Lipinski definition) is 6. The van der Waals surface area contributed by atoms with Crippen LogP contribution in [0.2, 0.25) is 10.0 Å². The van der Waals surface area contributed by atoms with E-state index in [1.807, 2.05) is 6.07 Å². The zero-order valence-electron chi connectivity index (χ0n) is 23.2. The van der Waals surface area contributed by atoms with Crippen molar-refractivity contribution in [2.24, 2.45) is 5.92 Å². The lowest BCUT2D eigenvalue weighted by Gasteiger charge is -2.26. The number of esters is 1. The summed E-state index contributed by atoms with van der Waals surface area (Å²) in [5.74, 6) is -0.247. The van der Waals surface area contributed by atoms with Gasteiger partial charge in [-0.3, -0.25) is 9.59 Å². The SMILES string of the molecule is O=C(C[C@@H]1CCCN1C(=O)c1ccccc1)O[C@@H](Cc1c(Cl)c[nH+]cc1Cl)c1ccc(OC(F)F)c(OCC2CC2)c1.[OH-]. The van der Waals surface area contributed by atoms with Crippen molar-refractivity contribution >= 4 is 35.1 Å². The Morgan fingerprint density at radius 1 is 1.00 bits per heavy atom. The molecule has 1 aliphatic carbocycles. The van der Waals surface area contributed by atoms with E-state index in [1.54, 1.807) is 53.7 Å². The molecule has 0 bridgehead atoms. The van der Waals surface area contributed by atoms with Crippen LogP contribution in [0.15, 0.2) is 60.9 Å². The van der Waals surface area contributed by atoms with Gasteiger partial charge in [0.2, 0.25) is 0 Å². The Morgan fingerprint density at radius 3 is 2.40 bits per heavy atom. The second kappa shape index (κ2) is 14.8. The van der Waals surface area contributed by atoms with Gasteiger partial charge in [0.1, 0.15) is 16.1 Å². The van der Waals surface area contributed by atoms with Crippen molar-refractivity contribution in [1.29, 1.82) is 0 Å². The summed E-state index contributed by atoms with van der Waals surface area (Å²) >= 11 is 12.8. The number of benzene rings is 2. The van der Waals surface area contributed by atoms with E-state index in [-0.39, 0.29) is 41.8 Å². The molecule has 1 saturated heterocycles. The van der Waals surface area contributed by atoms with Gasteiger partial charge in [-0.05, 0) is 61.4 Å². The Labute approximate surface area is 258 Å². The minimum atomic E-state index is -3.03. The zero-order valence-corrected chi connectivity index (χ0v) is 24.7. The number of nitrogens with zero attached hydrogens (tertiary/aromatic N) is 1. The first-order chi connectivity index (χ1) is 20.3. The van der Waals surface area contributed by atoms with Crippen LogP contribution in [0.4, 0.5) is 8.78 Å². The number of aromatic amines is 1. The summed E-state index contributed by atoms with van der Waals surface area (Å²) in [4.78, 5) is 31.1. The maximum Gasteiger partial charge on any atom is 0.387 e. The summed E-state index contributed by atoms with van der Waals surface area (Å²) in [6.45, 7) is -2.11. The highest BCUT2D eigenvalue weighted by Gasteiger charge is 2.33. The first-order valence-electron chi connectivity index (χ1n) is 13.9. The Balaban J connectivity index is 0.00000423. The maximum atomic E-state index is 13.4. The van der Waals surface area contributed by atoms with Crippen molar-refractivity contribution in [3.8, 4) is 11.5 Å². The molecule has 43 heavy (non-hydrogen) atoms. The van der Waals surface area contributed by atoms with Crippen molar-refractivity contribution in [2.75, 3.05) is 13.2 Å². The number of H-pyrrole nitrogens is 1. The third-order valence-corrected chi connectivity index (χ3v) is 8.12. The predicted octanol–water partition coefficient (Wildman–Crippen LogP) is 6.54. The van der Waals surface area contributed by atoms with Gasteiger partial charge in [0.25, 0.3) is 5.91 Å². The van der Waals surface area contributed by atoms with Gasteiger partial charge >= 0.3 is 12.6 Å². The second-order valence-electron chi connectivity index (χ2n) is 10.5. The molecule has 1 aromatic heterocycles. The number of hydrogen-bond donors (Lipinski definition) is 0. The second-order valence-corrected chi connectivity index (χ2v) is 11.3. The molecule has 0 unspecified atom stereocenters. The number of carbonyl (C=O) groups is 2. The van der Waals surface area contributed by atoms with Crippen molar-refractivity contribution in [3.05, 3.63) is 87.7 Å². The molecular weight excluding hydrogens is 605 g/mol. The number of aromatic nitrogens is 1. The molecule has 2 N–H and O–H groups in total. The van der Waals surface area contributed by atoms with E-state index >= 15 is 0 Å². The van der Waals surface area contributed by atoms with Gasteiger partial charge < -0.3 is 24.6 Å². The number of alkyl halides is 2. The van der Waals surface area contributed by atoms with Crippen molar-refractivity contribution in [1.82, 2.24) is 4.90 Å². The molecule has 3 aromatic rings. The number of likely N-dealkylation sites (tertiary alicyclic amines) is 1. The molecule has 8 nitrogen and oxygen atoms in total. The highest BCUT2D eigenvalue weighted by Crippen LogP contribution is 2.38. The summed E-state index contributed by atoms with van der Waals surface area (Å²) in [6.07, 6.45) is 5.84. The summed E-state index contributed by atoms with van der Waals surface area (Å²) < 4.78 is 42.7. The Bertz CT molecular complexity index is 1390. The number of ether oxygens (including phenoxy) is 3. The third kappa shape index (κ3) is 8.55. The lowest BCUT2D eigenvalue weighted by Crippen LogP contribution is -2.37. The number of halogens is 4. The number of carbonyl (C=O) groups excluding carboxylic acids is 2. The van der Waals surface area contributed by atoms with Crippen LogP contribution in [-0.4, -0.2) is 48.1 Å². The van der Waals surface area contributed by atoms with Crippen LogP contribution in [0.25, 0.3) is 0 Å². The standard InChI is InChI=1S/C31H30Cl2F2N2O5.H2O/c32-24-16-36-17-25(33)23(24)15-27(21-10-11-26(42-31(34)35)28(13-21)40-18-19-8-9-19)41-29(38)14-22-7-4-12-37(22)30(39)20-5-2-1-3-6-20;/h1-3,5-6,10-11,13,16-17,19,22,27,31H,4,7-9,12,14-15,18H2;1H2/t22-,27-;/m0./s1. The number of pyridine rings is 1. The van der Waals surface area contributed by atoms with Crippen LogP contribution >= 0.6 is 23.2 Å². The Morgan fingerprint density at radius 2 is 1.72 bits per heavy atom. The smallest absolute Gasteiger partial charge is 0.387 e. The van der Waals surface area contributed by atoms with E-state index < -0.39 is 18.7 Å². The molecule has 2 aliphatic rings. The first kappa shape index (κ1) is 32.4. The fraction of sp³-hybridized carbons (Fsp3) is 0.387. The van der Waals surface area contributed by atoms with E-state index in [4.69, 9.17) is 32.7 Å². The van der Waals surface area contributed by atoms with Crippen LogP contribution in [0.5, 0.6) is 11.5 Å². The molecule has 2 fully saturated rings. The van der Waals surface area contributed by atoms with E-state index in [0.29, 0.717) is 52.2 Å². The summed E-state index contributed by atoms with van der Waals surface area (Å²) in [7, 11) is 0. The number of nitrogens with one attached hydrogen (secondary N) is 1. The van der Waals surface area contributed by atoms with Crippen LogP contribution in [-0.2, 0) is 16.0 Å². The van der Waals surface area contributed by atoms with Crippen LogP contribution < -0.4 is 14.5 Å². The van der Waals surface area contributed by atoms with Gasteiger partial charge in [-0.15, -0.1) is 0 Å². The molecule has 2 atom stereocenters. The fourth-order valence-electron chi connectivity index (χ4n) is 5.07. The molecule has 5 rings (SSSR count). The average Bonchev–Trinajstić information content (AvgIpc) is 3.70. The van der Waals surface area contributed by atoms with Crippen LogP contribution in [0.1, 0.15) is 59.7 Å². The fourth-order valence-corrected chi connectivity index (χ4v) is 5.60. The van der Waals surface area contributed by atoms with E-state index in [1.165, 1.54) is 6.07 Å². The minimum absolute atomic E-state index is 0. The molecule has 1 amide bonds. The number of amides is 1. The largest absolute Gasteiger partial charge is 0.870 e. The van der Waals surface area contributed by atoms with Crippen LogP contribution in [0.3, 0.4) is 0 Å². The van der Waals surface area contributed by atoms with E-state index in [0.717, 1.165) is 19.3 Å². The first-order valence-corrected chi connectivity index (χ1v) is 14.6. The lowest BCUT2D eigenvalue weighted by molar-refractivity contribution is -0.377. The van der Waals surface area contributed by atoms with E-state index in [9.17, 15) is 18.4 Å². The molecule has 2 heterocycles. The monoisotopic (exact) mass is 636 g/mol. The van der Waals surface area contributed by atoms with Gasteiger partial charge in [-0.1, -0.05) is 47.5 Å². The van der Waals surface area contributed by atoms with Crippen molar-refractivity contribution < 1.29 is 43.0 Å². The molecular formula is C31H32Cl2F2N2O6. The molecule has 12 heteroatoms. The summed E-state index contributed by atoms with van der Waals surface area (Å²) in [5.41, 5.74) is 1.61. The molecule has 1 aliphatic heterocycles. The summed E-state index contributed by atoms with van der Waals surface area (Å²) in [6, 6.07) is 13.1. The Hall–Kier alpha value is -3.47. The van der Waals surface area contributed by atoms with Gasteiger partial charge in [-0.2, -0.15) is 8.78 Å². The van der Waals surface area contributed by atoms with Gasteiger partial charge in [-0.25, -0.2) is 4.98 Å². The maximum absolute atomic E-state index is 13.4. The van der Waals surface area contributed by atoms with Gasteiger partial charge in [0.15, 0.2) is 23.9 Å². The molecule has 1 saturated carbocycles. The third-order valence-electron chi connectivity index (χ3n) is 7.45. The molecule has 0 spiro atoms. The van der Waals surface area contributed by atoms with Gasteiger partial charge in [0, 0.05) is 30.1 Å². The topological polar surface area (TPSA) is 109 Å². The highest BCUT2D eigenvalue weighted by molar-refractivity contribution is 6.35. The van der Waals surface area contributed by atoms with Crippen molar-refractivity contribution in [3.63, 3.8) is 0 Å². The molecule has 2 aromatic carbocycles.